The highest BCUT2D eigenvalue weighted by atomic mass is 16.4. The van der Waals surface area contributed by atoms with Crippen LogP contribution in [-0.2, 0) is 16.0 Å². The van der Waals surface area contributed by atoms with Gasteiger partial charge in [0.25, 0.3) is 0 Å². The van der Waals surface area contributed by atoms with Crippen molar-refractivity contribution in [2.75, 3.05) is 17.3 Å². The molecule has 1 aliphatic rings. The number of likely N-dealkylation sites (N-methyl/N-ethyl adjacent to an activating group) is 1. The van der Waals surface area contributed by atoms with E-state index < -0.39 is 12.0 Å². The highest BCUT2D eigenvalue weighted by Crippen LogP contribution is 2.35. The van der Waals surface area contributed by atoms with Crippen LogP contribution in [0.15, 0.2) is 18.2 Å². The van der Waals surface area contributed by atoms with Gasteiger partial charge in [0.1, 0.15) is 6.04 Å². The zero-order valence-electron chi connectivity index (χ0n) is 10.4. The van der Waals surface area contributed by atoms with Crippen molar-refractivity contribution in [3.05, 3.63) is 23.8 Å². The Balaban J connectivity index is 2.43. The van der Waals surface area contributed by atoms with E-state index in [1.165, 1.54) is 0 Å². The third kappa shape index (κ3) is 2.03. The number of benzene rings is 1. The van der Waals surface area contributed by atoms with Crippen molar-refractivity contribution < 1.29 is 14.7 Å². The Hall–Kier alpha value is -2.04. The standard InChI is InChI=1S/C13H16N2O3/c1-3-8-5-4-6-9-12(8)15(2)10(7-11(16)17)13(18)14-9/h4-6,10H,3,7H2,1-2H3,(H,14,18)(H,16,17). The van der Waals surface area contributed by atoms with Gasteiger partial charge in [-0.3, -0.25) is 9.59 Å². The van der Waals surface area contributed by atoms with Gasteiger partial charge in [0.05, 0.1) is 17.8 Å². The number of fused-ring (bicyclic) bond motifs is 1. The maximum atomic E-state index is 11.9. The number of hydrogen-bond acceptors (Lipinski definition) is 3. The first-order valence-electron chi connectivity index (χ1n) is 5.92. The fraction of sp³-hybridized carbons (Fsp3) is 0.385. The Morgan fingerprint density at radius 2 is 2.22 bits per heavy atom. The first kappa shape index (κ1) is 12.4. The van der Waals surface area contributed by atoms with Crippen LogP contribution in [0.2, 0.25) is 0 Å². The minimum atomic E-state index is -0.973. The molecule has 0 saturated carbocycles. The summed E-state index contributed by atoms with van der Waals surface area (Å²) in [5, 5.41) is 11.6. The van der Waals surface area contributed by atoms with Gasteiger partial charge in [-0.15, -0.1) is 0 Å². The highest BCUT2D eigenvalue weighted by Gasteiger charge is 2.33. The van der Waals surface area contributed by atoms with Crippen molar-refractivity contribution in [2.24, 2.45) is 0 Å². The third-order valence-corrected chi connectivity index (χ3v) is 3.25. The second-order valence-corrected chi connectivity index (χ2v) is 4.38. The van der Waals surface area contributed by atoms with E-state index in [1.807, 2.05) is 25.1 Å². The van der Waals surface area contributed by atoms with Gasteiger partial charge < -0.3 is 15.3 Å². The fourth-order valence-electron chi connectivity index (χ4n) is 2.34. The molecule has 5 nitrogen and oxygen atoms in total. The lowest BCUT2D eigenvalue weighted by Crippen LogP contribution is -2.47. The Labute approximate surface area is 105 Å². The van der Waals surface area contributed by atoms with Gasteiger partial charge in [-0.1, -0.05) is 19.1 Å². The zero-order chi connectivity index (χ0) is 13.3. The molecule has 0 aromatic heterocycles. The van der Waals surface area contributed by atoms with Gasteiger partial charge in [0.2, 0.25) is 5.91 Å². The number of carbonyl (C=O) groups excluding carboxylic acids is 1. The quantitative estimate of drug-likeness (QED) is 0.850. The molecule has 2 N–H and O–H groups in total. The van der Waals surface area contributed by atoms with Crippen LogP contribution in [0, 0.1) is 0 Å². The number of aryl methyl sites for hydroxylation is 1. The molecule has 1 unspecified atom stereocenters. The maximum absolute atomic E-state index is 11.9. The molecule has 1 aliphatic heterocycles. The normalized spacial score (nSPS) is 18.2. The molecule has 0 saturated heterocycles. The molecule has 1 aromatic rings. The van der Waals surface area contributed by atoms with Gasteiger partial charge in [-0.25, -0.2) is 0 Å². The molecule has 2 rings (SSSR count). The van der Waals surface area contributed by atoms with Crippen LogP contribution in [0.1, 0.15) is 18.9 Å². The van der Waals surface area contributed by atoms with E-state index in [2.05, 4.69) is 5.32 Å². The first-order chi connectivity index (χ1) is 8.54. The Kier molecular flexibility index (Phi) is 3.23. The molecular formula is C13H16N2O3. The summed E-state index contributed by atoms with van der Waals surface area (Å²) >= 11 is 0. The number of nitrogens with one attached hydrogen (secondary N) is 1. The second-order valence-electron chi connectivity index (χ2n) is 4.38. The van der Waals surface area contributed by atoms with E-state index in [0.717, 1.165) is 23.4 Å². The van der Waals surface area contributed by atoms with Crippen LogP contribution in [0.5, 0.6) is 0 Å². The average Bonchev–Trinajstić information content (AvgIpc) is 2.33. The van der Waals surface area contributed by atoms with Crippen molar-refractivity contribution in [3.8, 4) is 0 Å². The summed E-state index contributed by atoms with van der Waals surface area (Å²) in [5.74, 6) is -1.24. The summed E-state index contributed by atoms with van der Waals surface area (Å²) < 4.78 is 0. The van der Waals surface area contributed by atoms with Crippen LogP contribution >= 0.6 is 0 Å². The van der Waals surface area contributed by atoms with Gasteiger partial charge in [0.15, 0.2) is 0 Å². The van der Waals surface area contributed by atoms with E-state index in [-0.39, 0.29) is 12.3 Å². The second kappa shape index (κ2) is 4.68. The lowest BCUT2D eigenvalue weighted by Gasteiger charge is -2.36. The Bertz CT molecular complexity index is 499. The monoisotopic (exact) mass is 248 g/mol. The maximum Gasteiger partial charge on any atom is 0.305 e. The Morgan fingerprint density at radius 3 is 2.83 bits per heavy atom. The molecule has 0 radical (unpaired) electrons. The molecule has 96 valence electrons. The summed E-state index contributed by atoms with van der Waals surface area (Å²) in [4.78, 5) is 24.5. The first-order valence-corrected chi connectivity index (χ1v) is 5.92. The lowest BCUT2D eigenvalue weighted by molar-refractivity contribution is -0.138. The van der Waals surface area contributed by atoms with Crippen molar-refractivity contribution >= 4 is 23.3 Å². The largest absolute Gasteiger partial charge is 0.481 e. The van der Waals surface area contributed by atoms with E-state index in [4.69, 9.17) is 5.11 Å². The molecule has 18 heavy (non-hydrogen) atoms. The van der Waals surface area contributed by atoms with Crippen LogP contribution < -0.4 is 10.2 Å². The molecule has 1 aromatic carbocycles. The number of carboxylic acid groups (broad SMARTS) is 1. The highest BCUT2D eigenvalue weighted by molar-refractivity contribution is 6.05. The lowest BCUT2D eigenvalue weighted by atomic mass is 10.0. The molecule has 0 fully saturated rings. The predicted octanol–water partition coefficient (Wildman–Crippen LogP) is 1.48. The number of nitrogens with zero attached hydrogens (tertiary/aromatic N) is 1. The molecule has 5 heteroatoms. The zero-order valence-corrected chi connectivity index (χ0v) is 10.4. The van der Waals surface area contributed by atoms with E-state index >= 15 is 0 Å². The van der Waals surface area contributed by atoms with Gasteiger partial charge in [-0.2, -0.15) is 0 Å². The number of hydrogen-bond donors (Lipinski definition) is 2. The van der Waals surface area contributed by atoms with Gasteiger partial charge in [-0.05, 0) is 18.1 Å². The van der Waals surface area contributed by atoms with E-state index in [1.54, 1.807) is 11.9 Å². The Morgan fingerprint density at radius 1 is 1.50 bits per heavy atom. The SMILES string of the molecule is CCc1cccc2c1N(C)C(CC(=O)O)C(=O)N2. The minimum absolute atomic E-state index is 0.195. The van der Waals surface area contributed by atoms with Gasteiger partial charge in [0, 0.05) is 7.05 Å². The van der Waals surface area contributed by atoms with Crippen molar-refractivity contribution in [1.29, 1.82) is 0 Å². The van der Waals surface area contributed by atoms with Crippen LogP contribution in [0.25, 0.3) is 0 Å². The number of para-hydroxylation sites is 1. The number of carboxylic acids is 1. The van der Waals surface area contributed by atoms with Crippen LogP contribution in [0.3, 0.4) is 0 Å². The number of rotatable bonds is 3. The third-order valence-electron chi connectivity index (χ3n) is 3.25. The number of amides is 1. The fourth-order valence-corrected chi connectivity index (χ4v) is 2.34. The van der Waals surface area contributed by atoms with Gasteiger partial charge >= 0.3 is 5.97 Å². The average molecular weight is 248 g/mol. The van der Waals surface area contributed by atoms with E-state index in [0.29, 0.717) is 0 Å². The van der Waals surface area contributed by atoms with Crippen LogP contribution in [0.4, 0.5) is 11.4 Å². The summed E-state index contributed by atoms with van der Waals surface area (Å²) in [7, 11) is 1.77. The summed E-state index contributed by atoms with van der Waals surface area (Å²) in [6.07, 6.45) is 0.642. The molecule has 0 spiro atoms. The molecule has 0 bridgehead atoms. The predicted molar refractivity (Wildman–Crippen MR) is 68.9 cm³/mol. The summed E-state index contributed by atoms with van der Waals surface area (Å²) in [5.41, 5.74) is 2.78. The van der Waals surface area contributed by atoms with Crippen molar-refractivity contribution in [3.63, 3.8) is 0 Å². The van der Waals surface area contributed by atoms with Crippen molar-refractivity contribution in [2.45, 2.75) is 25.8 Å². The number of aliphatic carboxylic acids is 1. The molecular weight excluding hydrogens is 232 g/mol. The summed E-state index contributed by atoms with van der Waals surface area (Å²) in [6, 6.07) is 5.07. The molecule has 1 amide bonds. The smallest absolute Gasteiger partial charge is 0.305 e. The molecule has 0 aliphatic carbocycles. The van der Waals surface area contributed by atoms with Crippen molar-refractivity contribution in [1.82, 2.24) is 0 Å². The topological polar surface area (TPSA) is 69.6 Å². The van der Waals surface area contributed by atoms with E-state index in [9.17, 15) is 9.59 Å². The number of carbonyl (C=O) groups is 2. The molecule has 1 atom stereocenters. The van der Waals surface area contributed by atoms with Crippen LogP contribution in [-0.4, -0.2) is 30.1 Å². The number of anilines is 2. The summed E-state index contributed by atoms with van der Waals surface area (Å²) in [6.45, 7) is 2.03. The molecule has 1 heterocycles. The minimum Gasteiger partial charge on any atom is -0.481 e.